The largest absolute Gasteiger partial charge is 0.496 e. The molecule has 0 unspecified atom stereocenters. The molecule has 1 heterocycles. The summed E-state index contributed by atoms with van der Waals surface area (Å²) in [5.41, 5.74) is 2.50. The first-order chi connectivity index (χ1) is 8.24. The minimum absolute atomic E-state index is 0.579. The van der Waals surface area contributed by atoms with Crippen molar-refractivity contribution in [2.45, 2.75) is 6.42 Å². The monoisotopic (exact) mass is 230 g/mol. The second kappa shape index (κ2) is 4.82. The van der Waals surface area contributed by atoms with Crippen molar-refractivity contribution in [1.29, 1.82) is 0 Å². The lowest BCUT2D eigenvalue weighted by molar-refractivity contribution is 0.111. The molecule has 0 bridgehead atoms. The molecule has 0 fully saturated rings. The Morgan fingerprint density at radius 1 is 1.41 bits per heavy atom. The van der Waals surface area contributed by atoms with Crippen molar-refractivity contribution in [3.63, 3.8) is 0 Å². The molecule has 4 nitrogen and oxygen atoms in total. The molecular weight excluding hydrogens is 216 g/mol. The number of aromatic nitrogens is 2. The normalized spacial score (nSPS) is 10.2. The van der Waals surface area contributed by atoms with E-state index in [1.54, 1.807) is 24.9 Å². The molecule has 0 aliphatic carbocycles. The number of carbonyl (C=O) groups excluding carboxylic acids is 1. The van der Waals surface area contributed by atoms with Crippen LogP contribution in [0.4, 0.5) is 0 Å². The van der Waals surface area contributed by atoms with Crippen LogP contribution in [0.15, 0.2) is 30.3 Å². The molecule has 88 valence electrons. The molecule has 1 aromatic heterocycles. The van der Waals surface area contributed by atoms with Crippen LogP contribution >= 0.6 is 0 Å². The number of nitrogens with zero attached hydrogens (tertiary/aromatic N) is 2. The summed E-state index contributed by atoms with van der Waals surface area (Å²) < 4.78 is 6.86. The van der Waals surface area contributed by atoms with Crippen LogP contribution in [0.2, 0.25) is 0 Å². The van der Waals surface area contributed by atoms with Gasteiger partial charge in [0.1, 0.15) is 11.4 Å². The first-order valence-corrected chi connectivity index (χ1v) is 5.34. The Morgan fingerprint density at radius 2 is 2.18 bits per heavy atom. The van der Waals surface area contributed by atoms with Crippen molar-refractivity contribution >= 4 is 6.29 Å². The van der Waals surface area contributed by atoms with Gasteiger partial charge in [0.2, 0.25) is 0 Å². The molecule has 1 aromatic carbocycles. The first-order valence-electron chi connectivity index (χ1n) is 5.34. The van der Waals surface area contributed by atoms with Crippen LogP contribution in [0.25, 0.3) is 0 Å². The van der Waals surface area contributed by atoms with Crippen LogP contribution in [0.1, 0.15) is 21.7 Å². The Bertz CT molecular complexity index is 532. The van der Waals surface area contributed by atoms with Gasteiger partial charge < -0.3 is 4.74 Å². The lowest BCUT2D eigenvalue weighted by atomic mass is 10.1. The fourth-order valence-corrected chi connectivity index (χ4v) is 1.78. The molecule has 17 heavy (non-hydrogen) atoms. The molecule has 0 aliphatic rings. The van der Waals surface area contributed by atoms with Gasteiger partial charge in [-0.05, 0) is 12.1 Å². The third-order valence-electron chi connectivity index (χ3n) is 2.65. The summed E-state index contributed by atoms with van der Waals surface area (Å²) in [7, 11) is 3.41. The summed E-state index contributed by atoms with van der Waals surface area (Å²) in [6.45, 7) is 0. The maximum absolute atomic E-state index is 10.7. The molecule has 4 heteroatoms. The van der Waals surface area contributed by atoms with E-state index in [9.17, 15) is 4.79 Å². The third-order valence-corrected chi connectivity index (χ3v) is 2.65. The Morgan fingerprint density at radius 3 is 2.82 bits per heavy atom. The number of benzene rings is 1. The summed E-state index contributed by atoms with van der Waals surface area (Å²) in [5, 5.41) is 4.28. The van der Waals surface area contributed by atoms with Crippen molar-refractivity contribution in [2.24, 2.45) is 7.05 Å². The molecule has 0 atom stereocenters. The number of ether oxygens (including phenoxy) is 1. The molecule has 2 rings (SSSR count). The highest BCUT2D eigenvalue weighted by atomic mass is 16.5. The Balaban J connectivity index is 2.28. The van der Waals surface area contributed by atoms with Gasteiger partial charge in [0, 0.05) is 19.0 Å². The zero-order valence-corrected chi connectivity index (χ0v) is 9.88. The van der Waals surface area contributed by atoms with E-state index in [0.29, 0.717) is 12.1 Å². The topological polar surface area (TPSA) is 44.1 Å². The number of carbonyl (C=O) groups is 1. The molecule has 0 amide bonds. The van der Waals surface area contributed by atoms with Gasteiger partial charge in [0.15, 0.2) is 6.29 Å². The second-order valence-electron chi connectivity index (χ2n) is 3.79. The molecule has 0 N–H and O–H groups in total. The van der Waals surface area contributed by atoms with Gasteiger partial charge >= 0.3 is 0 Å². The lowest BCUT2D eigenvalue weighted by Crippen LogP contribution is -1.97. The van der Waals surface area contributed by atoms with Crippen LogP contribution < -0.4 is 4.74 Å². The smallest absolute Gasteiger partial charge is 0.168 e. The first kappa shape index (κ1) is 11.4. The summed E-state index contributed by atoms with van der Waals surface area (Å²) in [5.74, 6) is 0.839. The number of rotatable bonds is 4. The molecule has 0 saturated carbocycles. The van der Waals surface area contributed by atoms with Crippen LogP contribution in [0, 0.1) is 0 Å². The van der Waals surface area contributed by atoms with Gasteiger partial charge in [-0.15, -0.1) is 0 Å². The van der Waals surface area contributed by atoms with Crippen LogP contribution in [0.5, 0.6) is 5.75 Å². The molecular formula is C13H14N2O2. The Kier molecular flexibility index (Phi) is 3.23. The minimum atomic E-state index is 0.579. The lowest BCUT2D eigenvalue weighted by Gasteiger charge is -2.05. The van der Waals surface area contributed by atoms with Gasteiger partial charge in [0.05, 0.1) is 12.8 Å². The van der Waals surface area contributed by atoms with Crippen molar-refractivity contribution in [3.05, 3.63) is 47.3 Å². The molecule has 0 radical (unpaired) electrons. The van der Waals surface area contributed by atoms with E-state index in [4.69, 9.17) is 4.74 Å². The van der Waals surface area contributed by atoms with E-state index in [2.05, 4.69) is 5.10 Å². The fourth-order valence-electron chi connectivity index (χ4n) is 1.78. The molecule has 0 spiro atoms. The van der Waals surface area contributed by atoms with Crippen LogP contribution in [-0.2, 0) is 13.5 Å². The average molecular weight is 230 g/mol. The molecule has 0 saturated heterocycles. The summed E-state index contributed by atoms with van der Waals surface area (Å²) >= 11 is 0. The van der Waals surface area contributed by atoms with E-state index < -0.39 is 0 Å². The predicted molar refractivity (Wildman–Crippen MR) is 64.4 cm³/mol. The molecule has 0 aliphatic heterocycles. The SMILES string of the molecule is COc1ccccc1Cc1cc(C=O)n(C)n1. The van der Waals surface area contributed by atoms with Crippen molar-refractivity contribution < 1.29 is 9.53 Å². The van der Waals surface area contributed by atoms with E-state index in [1.165, 1.54) is 0 Å². The number of hydrogen-bond acceptors (Lipinski definition) is 3. The van der Waals surface area contributed by atoms with E-state index in [1.807, 2.05) is 24.3 Å². The van der Waals surface area contributed by atoms with Crippen molar-refractivity contribution in [2.75, 3.05) is 7.11 Å². The van der Waals surface area contributed by atoms with Gasteiger partial charge in [-0.3, -0.25) is 9.48 Å². The van der Waals surface area contributed by atoms with Crippen molar-refractivity contribution in [3.8, 4) is 5.75 Å². The fraction of sp³-hybridized carbons (Fsp3) is 0.231. The van der Waals surface area contributed by atoms with E-state index >= 15 is 0 Å². The number of aldehydes is 1. The number of hydrogen-bond donors (Lipinski definition) is 0. The standard InChI is InChI=1S/C13H14N2O2/c1-15-12(9-16)8-11(14-15)7-10-5-3-4-6-13(10)17-2/h3-6,8-9H,7H2,1-2H3. The maximum Gasteiger partial charge on any atom is 0.168 e. The highest BCUT2D eigenvalue weighted by molar-refractivity contribution is 5.72. The predicted octanol–water partition coefficient (Wildman–Crippen LogP) is 1.83. The van der Waals surface area contributed by atoms with Gasteiger partial charge in [-0.25, -0.2) is 0 Å². The minimum Gasteiger partial charge on any atom is -0.496 e. The maximum atomic E-state index is 10.7. The molecule has 2 aromatic rings. The van der Waals surface area contributed by atoms with Gasteiger partial charge in [-0.1, -0.05) is 18.2 Å². The summed E-state index contributed by atoms with van der Waals surface area (Å²) in [4.78, 5) is 10.7. The average Bonchev–Trinajstić information content (AvgIpc) is 2.70. The Labute approximate surface area is 99.8 Å². The van der Waals surface area contributed by atoms with Crippen molar-refractivity contribution in [1.82, 2.24) is 9.78 Å². The zero-order chi connectivity index (χ0) is 12.3. The number of para-hydroxylation sites is 1. The number of aryl methyl sites for hydroxylation is 1. The zero-order valence-electron chi connectivity index (χ0n) is 9.88. The summed E-state index contributed by atoms with van der Waals surface area (Å²) in [6, 6.07) is 9.59. The van der Waals surface area contributed by atoms with E-state index in [-0.39, 0.29) is 0 Å². The van der Waals surface area contributed by atoms with Gasteiger partial charge in [0.25, 0.3) is 0 Å². The Hall–Kier alpha value is -2.10. The van der Waals surface area contributed by atoms with Gasteiger partial charge in [-0.2, -0.15) is 5.10 Å². The highest BCUT2D eigenvalue weighted by Gasteiger charge is 2.08. The number of methoxy groups -OCH3 is 1. The summed E-state index contributed by atoms with van der Waals surface area (Å²) in [6.07, 6.45) is 1.46. The third kappa shape index (κ3) is 2.36. The quantitative estimate of drug-likeness (QED) is 0.753. The van der Waals surface area contributed by atoms with Crippen LogP contribution in [0.3, 0.4) is 0 Å². The highest BCUT2D eigenvalue weighted by Crippen LogP contribution is 2.20. The second-order valence-corrected chi connectivity index (χ2v) is 3.79. The van der Waals surface area contributed by atoms with Crippen LogP contribution in [-0.4, -0.2) is 23.2 Å². The van der Waals surface area contributed by atoms with E-state index in [0.717, 1.165) is 23.3 Å².